The number of benzene rings is 1. The SMILES string of the molecule is Fc1ccc(-c2c(-c3ccncc3)cnnc2Cl)cc1. The summed E-state index contributed by atoms with van der Waals surface area (Å²) in [6.07, 6.45) is 5.02. The van der Waals surface area contributed by atoms with Crippen molar-refractivity contribution in [1.29, 1.82) is 0 Å². The smallest absolute Gasteiger partial charge is 0.160 e. The van der Waals surface area contributed by atoms with Crippen molar-refractivity contribution in [2.24, 2.45) is 0 Å². The average molecular weight is 286 g/mol. The second-order valence-corrected chi connectivity index (χ2v) is 4.52. The molecule has 3 aromatic rings. The normalized spacial score (nSPS) is 10.5. The monoisotopic (exact) mass is 285 g/mol. The molecule has 0 bridgehead atoms. The molecule has 1 aromatic carbocycles. The Balaban J connectivity index is 2.22. The van der Waals surface area contributed by atoms with E-state index in [-0.39, 0.29) is 11.0 Å². The quantitative estimate of drug-likeness (QED) is 0.714. The molecule has 0 atom stereocenters. The number of rotatable bonds is 2. The van der Waals surface area contributed by atoms with Crippen molar-refractivity contribution in [2.75, 3.05) is 0 Å². The number of pyridine rings is 1. The highest BCUT2D eigenvalue weighted by atomic mass is 35.5. The minimum absolute atomic E-state index is 0.283. The summed E-state index contributed by atoms with van der Waals surface area (Å²) in [7, 11) is 0. The lowest BCUT2D eigenvalue weighted by atomic mass is 9.98. The highest BCUT2D eigenvalue weighted by Gasteiger charge is 2.13. The highest BCUT2D eigenvalue weighted by molar-refractivity contribution is 6.32. The van der Waals surface area contributed by atoms with Crippen LogP contribution in [0.25, 0.3) is 22.3 Å². The number of aromatic nitrogens is 3. The Morgan fingerprint density at radius 3 is 2.30 bits per heavy atom. The van der Waals surface area contributed by atoms with Gasteiger partial charge in [0.2, 0.25) is 0 Å². The van der Waals surface area contributed by atoms with Gasteiger partial charge in [-0.3, -0.25) is 4.98 Å². The maximum atomic E-state index is 13.1. The highest BCUT2D eigenvalue weighted by Crippen LogP contribution is 2.35. The zero-order valence-corrected chi connectivity index (χ0v) is 11.0. The lowest BCUT2D eigenvalue weighted by Gasteiger charge is -2.10. The summed E-state index contributed by atoms with van der Waals surface area (Å²) in [5.41, 5.74) is 3.28. The fraction of sp³-hybridized carbons (Fsp3) is 0. The average Bonchev–Trinajstić information content (AvgIpc) is 2.49. The van der Waals surface area contributed by atoms with Crippen LogP contribution in [0.15, 0.2) is 55.0 Å². The van der Waals surface area contributed by atoms with Crippen molar-refractivity contribution in [3.05, 3.63) is 66.0 Å². The lowest BCUT2D eigenvalue weighted by molar-refractivity contribution is 0.628. The van der Waals surface area contributed by atoms with E-state index in [1.165, 1.54) is 12.1 Å². The van der Waals surface area contributed by atoms with Crippen LogP contribution in [0.5, 0.6) is 0 Å². The van der Waals surface area contributed by atoms with Crippen LogP contribution in [0.3, 0.4) is 0 Å². The van der Waals surface area contributed by atoms with E-state index in [1.807, 2.05) is 12.1 Å². The lowest BCUT2D eigenvalue weighted by Crippen LogP contribution is -1.92. The minimum Gasteiger partial charge on any atom is -0.265 e. The van der Waals surface area contributed by atoms with Gasteiger partial charge in [-0.25, -0.2) is 4.39 Å². The van der Waals surface area contributed by atoms with E-state index in [0.717, 1.165) is 22.3 Å². The zero-order valence-electron chi connectivity index (χ0n) is 10.3. The standard InChI is InChI=1S/C15H9ClFN3/c16-15-14(11-1-3-12(17)4-2-11)13(9-19-20-15)10-5-7-18-8-6-10/h1-9H. The summed E-state index contributed by atoms with van der Waals surface area (Å²) in [4.78, 5) is 3.99. The summed E-state index contributed by atoms with van der Waals surface area (Å²) < 4.78 is 13.1. The number of hydrogen-bond acceptors (Lipinski definition) is 3. The van der Waals surface area contributed by atoms with Crippen LogP contribution in [0.2, 0.25) is 5.15 Å². The third kappa shape index (κ3) is 2.38. The van der Waals surface area contributed by atoms with Gasteiger partial charge >= 0.3 is 0 Å². The van der Waals surface area contributed by atoms with E-state index in [0.29, 0.717) is 0 Å². The van der Waals surface area contributed by atoms with Gasteiger partial charge in [0.25, 0.3) is 0 Å². The molecule has 0 N–H and O–H groups in total. The van der Waals surface area contributed by atoms with E-state index in [2.05, 4.69) is 15.2 Å². The fourth-order valence-electron chi connectivity index (χ4n) is 2.00. The number of halogens is 2. The molecule has 98 valence electrons. The van der Waals surface area contributed by atoms with Crippen molar-refractivity contribution in [1.82, 2.24) is 15.2 Å². The molecule has 2 aromatic heterocycles. The van der Waals surface area contributed by atoms with E-state index in [9.17, 15) is 4.39 Å². The van der Waals surface area contributed by atoms with E-state index in [4.69, 9.17) is 11.6 Å². The van der Waals surface area contributed by atoms with E-state index >= 15 is 0 Å². The third-order valence-corrected chi connectivity index (χ3v) is 3.20. The van der Waals surface area contributed by atoms with Crippen molar-refractivity contribution in [3.63, 3.8) is 0 Å². The van der Waals surface area contributed by atoms with Crippen LogP contribution in [-0.2, 0) is 0 Å². The largest absolute Gasteiger partial charge is 0.265 e. The molecule has 3 rings (SSSR count). The molecular weight excluding hydrogens is 277 g/mol. The van der Waals surface area contributed by atoms with Crippen molar-refractivity contribution < 1.29 is 4.39 Å². The summed E-state index contributed by atoms with van der Waals surface area (Å²) in [5.74, 6) is -0.294. The fourth-order valence-corrected chi connectivity index (χ4v) is 2.26. The predicted molar refractivity (Wildman–Crippen MR) is 75.7 cm³/mol. The second-order valence-electron chi connectivity index (χ2n) is 4.17. The first-order chi connectivity index (χ1) is 9.75. The summed E-state index contributed by atoms with van der Waals surface area (Å²) in [6, 6.07) is 9.84. The molecule has 0 saturated heterocycles. The molecule has 0 radical (unpaired) electrons. The van der Waals surface area contributed by atoms with Gasteiger partial charge in [-0.2, -0.15) is 5.10 Å². The predicted octanol–water partition coefficient (Wildman–Crippen LogP) is 4.00. The van der Waals surface area contributed by atoms with Gasteiger partial charge in [-0.05, 0) is 35.4 Å². The molecule has 3 nitrogen and oxygen atoms in total. The Morgan fingerprint density at radius 2 is 1.60 bits per heavy atom. The van der Waals surface area contributed by atoms with Crippen molar-refractivity contribution in [2.45, 2.75) is 0 Å². The number of hydrogen-bond donors (Lipinski definition) is 0. The van der Waals surface area contributed by atoms with Crippen LogP contribution in [-0.4, -0.2) is 15.2 Å². The van der Waals surface area contributed by atoms with Crippen LogP contribution in [0.1, 0.15) is 0 Å². The molecule has 0 aliphatic rings. The molecule has 5 heteroatoms. The Labute approximate surface area is 120 Å². The van der Waals surface area contributed by atoms with Gasteiger partial charge in [0.1, 0.15) is 5.82 Å². The van der Waals surface area contributed by atoms with Crippen LogP contribution in [0, 0.1) is 5.82 Å². The van der Waals surface area contributed by atoms with Gasteiger partial charge in [0, 0.05) is 23.5 Å². The van der Waals surface area contributed by atoms with Crippen LogP contribution < -0.4 is 0 Å². The molecule has 0 fully saturated rings. The van der Waals surface area contributed by atoms with Crippen molar-refractivity contribution >= 4 is 11.6 Å². The molecule has 0 unspecified atom stereocenters. The Hall–Kier alpha value is -2.33. The van der Waals surface area contributed by atoms with Gasteiger partial charge in [-0.1, -0.05) is 23.7 Å². The topological polar surface area (TPSA) is 38.7 Å². The molecule has 2 heterocycles. The molecule has 0 amide bonds. The Kier molecular flexibility index (Phi) is 3.39. The van der Waals surface area contributed by atoms with Crippen molar-refractivity contribution in [3.8, 4) is 22.3 Å². The molecule has 20 heavy (non-hydrogen) atoms. The zero-order chi connectivity index (χ0) is 13.9. The first-order valence-electron chi connectivity index (χ1n) is 5.93. The summed E-state index contributed by atoms with van der Waals surface area (Å²) in [5, 5.41) is 8.04. The third-order valence-electron chi connectivity index (χ3n) is 2.93. The maximum absolute atomic E-state index is 13.1. The van der Waals surface area contributed by atoms with E-state index in [1.54, 1.807) is 30.7 Å². The number of nitrogens with zero attached hydrogens (tertiary/aromatic N) is 3. The molecule has 0 saturated carbocycles. The van der Waals surface area contributed by atoms with Gasteiger partial charge < -0.3 is 0 Å². The Bertz CT molecular complexity index is 730. The minimum atomic E-state index is -0.294. The van der Waals surface area contributed by atoms with Gasteiger partial charge in [0.05, 0.1) is 6.20 Å². The Morgan fingerprint density at radius 1 is 0.900 bits per heavy atom. The molecule has 0 aliphatic heterocycles. The van der Waals surface area contributed by atoms with Gasteiger partial charge in [0.15, 0.2) is 5.15 Å². The summed E-state index contributed by atoms with van der Waals surface area (Å²) in [6.45, 7) is 0. The van der Waals surface area contributed by atoms with E-state index < -0.39 is 0 Å². The summed E-state index contributed by atoms with van der Waals surface area (Å²) >= 11 is 6.17. The molecule has 0 aliphatic carbocycles. The first-order valence-corrected chi connectivity index (χ1v) is 6.31. The van der Waals surface area contributed by atoms with Crippen LogP contribution in [0.4, 0.5) is 4.39 Å². The second kappa shape index (κ2) is 5.35. The van der Waals surface area contributed by atoms with Gasteiger partial charge in [-0.15, -0.1) is 5.10 Å². The van der Waals surface area contributed by atoms with Crippen LogP contribution >= 0.6 is 11.6 Å². The maximum Gasteiger partial charge on any atom is 0.160 e. The molecular formula is C15H9ClFN3. The molecule has 0 spiro atoms. The first kappa shape index (κ1) is 12.7.